The number of carbonyl (C=O) groups excluding carboxylic acids is 1. The van der Waals surface area contributed by atoms with Gasteiger partial charge in [0, 0.05) is 18.1 Å². The number of amides is 1. The third kappa shape index (κ3) is 5.35. The third-order valence-corrected chi connectivity index (χ3v) is 4.89. The molecule has 2 rings (SSSR count). The second-order valence-corrected chi connectivity index (χ2v) is 9.03. The maximum atomic E-state index is 11.8. The molecule has 134 valence electrons. The zero-order chi connectivity index (χ0) is 17.3. The quantitative estimate of drug-likeness (QED) is 0.702. The van der Waals surface area contributed by atoms with Crippen LogP contribution < -0.4 is 10.6 Å². The van der Waals surface area contributed by atoms with Crippen LogP contribution in [0.15, 0.2) is 0 Å². The fourth-order valence-corrected chi connectivity index (χ4v) is 4.10. The van der Waals surface area contributed by atoms with Gasteiger partial charge in [0.2, 0.25) is 0 Å². The Bertz CT molecular complexity index is 403. The summed E-state index contributed by atoms with van der Waals surface area (Å²) < 4.78 is 5.30. The highest BCUT2D eigenvalue weighted by Crippen LogP contribution is 2.56. The molecule has 1 atom stereocenters. The summed E-state index contributed by atoms with van der Waals surface area (Å²) in [7, 11) is 0. The van der Waals surface area contributed by atoms with Crippen LogP contribution in [0.25, 0.3) is 0 Å². The Morgan fingerprint density at radius 3 is 2.26 bits per heavy atom. The van der Waals surface area contributed by atoms with Gasteiger partial charge in [-0.3, -0.25) is 0 Å². The van der Waals surface area contributed by atoms with Crippen LogP contribution in [0.4, 0.5) is 4.79 Å². The first-order valence-corrected chi connectivity index (χ1v) is 8.97. The van der Waals surface area contributed by atoms with Crippen molar-refractivity contribution in [3.8, 4) is 0 Å². The molecular weight excluding hydrogens is 292 g/mol. The summed E-state index contributed by atoms with van der Waals surface area (Å²) in [6, 6.07) is 0.997. The van der Waals surface area contributed by atoms with E-state index in [9.17, 15) is 9.90 Å². The molecule has 1 spiro atoms. The van der Waals surface area contributed by atoms with Crippen molar-refractivity contribution in [1.29, 1.82) is 0 Å². The number of carbonyl (C=O) groups is 1. The van der Waals surface area contributed by atoms with Crippen molar-refractivity contribution in [3.05, 3.63) is 0 Å². The van der Waals surface area contributed by atoms with Gasteiger partial charge < -0.3 is 20.5 Å². The van der Waals surface area contributed by atoms with E-state index in [1.807, 2.05) is 20.8 Å². The topological polar surface area (TPSA) is 70.6 Å². The summed E-state index contributed by atoms with van der Waals surface area (Å²) in [6.07, 6.45) is 5.14. The predicted molar refractivity (Wildman–Crippen MR) is 91.3 cm³/mol. The molecule has 0 aromatic rings. The van der Waals surface area contributed by atoms with E-state index in [1.54, 1.807) is 0 Å². The van der Waals surface area contributed by atoms with Gasteiger partial charge in [-0.15, -0.1) is 0 Å². The minimum Gasteiger partial charge on any atom is -0.444 e. The first-order chi connectivity index (χ1) is 10.6. The van der Waals surface area contributed by atoms with E-state index in [-0.39, 0.29) is 24.8 Å². The lowest BCUT2D eigenvalue weighted by Gasteiger charge is -2.58. The summed E-state index contributed by atoms with van der Waals surface area (Å²) in [5.41, 5.74) is -0.0259. The van der Waals surface area contributed by atoms with Crippen LogP contribution in [0.3, 0.4) is 0 Å². The highest BCUT2D eigenvalue weighted by atomic mass is 16.6. The largest absolute Gasteiger partial charge is 0.444 e. The Morgan fingerprint density at radius 2 is 1.78 bits per heavy atom. The van der Waals surface area contributed by atoms with E-state index < -0.39 is 5.60 Å². The molecule has 0 radical (unpaired) electrons. The number of alkyl carbamates (subject to hydrolysis) is 1. The Balaban J connectivity index is 1.64. The maximum Gasteiger partial charge on any atom is 0.407 e. The van der Waals surface area contributed by atoms with Crippen LogP contribution in [0.5, 0.6) is 0 Å². The van der Waals surface area contributed by atoms with Gasteiger partial charge in [0.05, 0.1) is 6.61 Å². The molecule has 3 N–H and O–H groups in total. The van der Waals surface area contributed by atoms with E-state index in [0.29, 0.717) is 17.4 Å². The lowest BCUT2D eigenvalue weighted by molar-refractivity contribution is -0.0379. The SMILES string of the molecule is CC(C)C[C@H](CO)NC1CC2(CC(NC(=O)OC(C)(C)C)C2)C1. The average molecular weight is 326 g/mol. The molecular formula is C18H34N2O3. The lowest BCUT2D eigenvalue weighted by atomic mass is 9.52. The monoisotopic (exact) mass is 326 g/mol. The average Bonchev–Trinajstić information content (AvgIpc) is 2.29. The van der Waals surface area contributed by atoms with Crippen molar-refractivity contribution in [2.24, 2.45) is 11.3 Å². The molecule has 0 aromatic heterocycles. The van der Waals surface area contributed by atoms with Crippen LogP contribution in [0.2, 0.25) is 0 Å². The van der Waals surface area contributed by atoms with Gasteiger partial charge in [0.15, 0.2) is 0 Å². The third-order valence-electron chi connectivity index (χ3n) is 4.89. The first kappa shape index (κ1) is 18.5. The second-order valence-electron chi connectivity index (χ2n) is 9.03. The molecule has 23 heavy (non-hydrogen) atoms. The molecule has 0 heterocycles. The molecule has 2 fully saturated rings. The van der Waals surface area contributed by atoms with Crippen molar-refractivity contribution < 1.29 is 14.6 Å². The summed E-state index contributed by atoms with van der Waals surface area (Å²) in [5, 5.41) is 16.0. The van der Waals surface area contributed by atoms with Gasteiger partial charge in [0.1, 0.15) is 5.60 Å². The van der Waals surface area contributed by atoms with Gasteiger partial charge in [-0.1, -0.05) is 13.8 Å². The number of aliphatic hydroxyl groups is 1. The van der Waals surface area contributed by atoms with Crippen molar-refractivity contribution in [3.63, 3.8) is 0 Å². The van der Waals surface area contributed by atoms with E-state index in [2.05, 4.69) is 24.5 Å². The molecule has 5 heteroatoms. The first-order valence-electron chi connectivity index (χ1n) is 8.97. The van der Waals surface area contributed by atoms with Gasteiger partial charge in [-0.25, -0.2) is 4.79 Å². The molecule has 1 amide bonds. The van der Waals surface area contributed by atoms with E-state index in [4.69, 9.17) is 4.74 Å². The smallest absolute Gasteiger partial charge is 0.407 e. The minimum absolute atomic E-state index is 0.213. The highest BCUT2D eigenvalue weighted by Gasteiger charge is 2.53. The highest BCUT2D eigenvalue weighted by molar-refractivity contribution is 5.68. The fraction of sp³-hybridized carbons (Fsp3) is 0.944. The minimum atomic E-state index is -0.438. The van der Waals surface area contributed by atoms with Crippen LogP contribution in [0, 0.1) is 11.3 Å². The van der Waals surface area contributed by atoms with Gasteiger partial charge >= 0.3 is 6.09 Å². The van der Waals surface area contributed by atoms with Crippen LogP contribution in [-0.4, -0.2) is 41.5 Å². The molecule has 0 bridgehead atoms. The number of hydrogen-bond donors (Lipinski definition) is 3. The zero-order valence-electron chi connectivity index (χ0n) is 15.3. The zero-order valence-corrected chi connectivity index (χ0v) is 15.3. The Morgan fingerprint density at radius 1 is 1.22 bits per heavy atom. The number of hydrogen-bond acceptors (Lipinski definition) is 4. The van der Waals surface area contributed by atoms with Gasteiger partial charge in [-0.05, 0) is 64.2 Å². The summed E-state index contributed by atoms with van der Waals surface area (Å²) in [5.74, 6) is 0.597. The van der Waals surface area contributed by atoms with Crippen molar-refractivity contribution >= 4 is 6.09 Å². The van der Waals surface area contributed by atoms with E-state index in [1.165, 1.54) is 0 Å². The maximum absolute atomic E-state index is 11.8. The fourth-order valence-electron chi connectivity index (χ4n) is 4.10. The summed E-state index contributed by atoms with van der Waals surface area (Å²) in [6.45, 7) is 10.2. The van der Waals surface area contributed by atoms with Crippen molar-refractivity contribution in [2.45, 2.75) is 90.4 Å². The van der Waals surface area contributed by atoms with Crippen molar-refractivity contribution in [2.75, 3.05) is 6.61 Å². The standard InChI is InChI=1S/C18H34N2O3/c1-12(2)6-13(11-21)19-14-7-18(8-14)9-15(10-18)20-16(22)23-17(3,4)5/h12-15,19,21H,6-11H2,1-5H3,(H,20,22)/t13-,14?,15?,18?/m1/s1. The summed E-state index contributed by atoms with van der Waals surface area (Å²) in [4.78, 5) is 11.8. The van der Waals surface area contributed by atoms with Crippen LogP contribution in [0.1, 0.15) is 66.7 Å². The molecule has 5 nitrogen and oxygen atoms in total. The Labute approximate surface area is 140 Å². The molecule has 0 aliphatic heterocycles. The predicted octanol–water partition coefficient (Wildman–Crippen LogP) is 2.82. The Kier molecular flexibility index (Phi) is 5.62. The lowest BCUT2D eigenvalue weighted by Crippen LogP contribution is -2.62. The van der Waals surface area contributed by atoms with Gasteiger partial charge in [-0.2, -0.15) is 0 Å². The molecule has 0 saturated heterocycles. The number of nitrogens with one attached hydrogen (secondary N) is 2. The van der Waals surface area contributed by atoms with E-state index in [0.717, 1.165) is 32.1 Å². The number of aliphatic hydroxyl groups excluding tert-OH is 1. The molecule has 2 saturated carbocycles. The number of rotatable bonds is 6. The normalized spacial score (nSPS) is 31.4. The van der Waals surface area contributed by atoms with E-state index >= 15 is 0 Å². The molecule has 2 aliphatic rings. The molecule has 0 aromatic carbocycles. The molecule has 2 aliphatic carbocycles. The number of ether oxygens (including phenoxy) is 1. The second kappa shape index (κ2) is 6.98. The van der Waals surface area contributed by atoms with Crippen LogP contribution >= 0.6 is 0 Å². The molecule has 0 unspecified atom stereocenters. The van der Waals surface area contributed by atoms with Crippen molar-refractivity contribution in [1.82, 2.24) is 10.6 Å². The summed E-state index contributed by atoms with van der Waals surface area (Å²) >= 11 is 0. The van der Waals surface area contributed by atoms with Gasteiger partial charge in [0.25, 0.3) is 0 Å². The Hall–Kier alpha value is -0.810. The van der Waals surface area contributed by atoms with Crippen LogP contribution in [-0.2, 0) is 4.74 Å².